The molecule has 17 heavy (non-hydrogen) atoms. The molecule has 1 heterocycles. The van der Waals surface area contributed by atoms with E-state index in [1.807, 2.05) is 0 Å². The lowest BCUT2D eigenvalue weighted by Gasteiger charge is -2.28. The van der Waals surface area contributed by atoms with Crippen LogP contribution in [0.3, 0.4) is 0 Å². The van der Waals surface area contributed by atoms with E-state index in [9.17, 15) is 0 Å². The molecule has 0 spiro atoms. The van der Waals surface area contributed by atoms with Gasteiger partial charge in [-0.3, -0.25) is 4.90 Å². The summed E-state index contributed by atoms with van der Waals surface area (Å²) >= 11 is 0. The highest BCUT2D eigenvalue weighted by Crippen LogP contribution is 2.29. The molecule has 1 aliphatic rings. The number of benzene rings is 1. The van der Waals surface area contributed by atoms with Crippen molar-refractivity contribution in [2.45, 2.75) is 38.6 Å². The highest BCUT2D eigenvalue weighted by molar-refractivity contribution is 5.25. The fourth-order valence-corrected chi connectivity index (χ4v) is 2.80. The van der Waals surface area contributed by atoms with E-state index >= 15 is 0 Å². The van der Waals surface area contributed by atoms with Crippen LogP contribution in [0.4, 0.5) is 0 Å². The summed E-state index contributed by atoms with van der Waals surface area (Å²) in [5.41, 5.74) is 8.50. The minimum atomic E-state index is 0.584. The zero-order chi connectivity index (χ0) is 12.1. The smallest absolute Gasteiger partial charge is 0.0348 e. The first kappa shape index (κ1) is 12.6. The molecule has 1 aromatic rings. The molecule has 1 fully saturated rings. The lowest BCUT2D eigenvalue weighted by molar-refractivity contribution is 0.231. The highest BCUT2D eigenvalue weighted by Gasteiger charge is 2.22. The summed E-state index contributed by atoms with van der Waals surface area (Å²) in [6, 6.07) is 9.54. The van der Waals surface area contributed by atoms with Crippen molar-refractivity contribution in [3.8, 4) is 0 Å². The van der Waals surface area contributed by atoms with Crippen LogP contribution >= 0.6 is 0 Å². The molecule has 0 saturated carbocycles. The Hall–Kier alpha value is -0.860. The molecule has 1 aliphatic heterocycles. The number of nitrogens with two attached hydrogens (primary N) is 1. The molecular formula is C15H24N2. The SMILES string of the molecule is Cc1cccc(C(CCCN)N2CCCC2)c1. The maximum Gasteiger partial charge on any atom is 0.0348 e. The summed E-state index contributed by atoms with van der Waals surface area (Å²) in [5.74, 6) is 0. The van der Waals surface area contributed by atoms with Crippen LogP contribution in [0.15, 0.2) is 24.3 Å². The van der Waals surface area contributed by atoms with Crippen LogP contribution in [0.25, 0.3) is 0 Å². The number of aryl methyl sites for hydroxylation is 1. The molecule has 2 rings (SSSR count). The zero-order valence-electron chi connectivity index (χ0n) is 10.9. The third-order valence-corrected chi connectivity index (χ3v) is 3.69. The lowest BCUT2D eigenvalue weighted by Crippen LogP contribution is -2.26. The van der Waals surface area contributed by atoms with Crippen molar-refractivity contribution in [3.05, 3.63) is 35.4 Å². The van der Waals surface area contributed by atoms with E-state index in [1.54, 1.807) is 0 Å². The third kappa shape index (κ3) is 3.30. The van der Waals surface area contributed by atoms with Crippen molar-refractivity contribution in [2.75, 3.05) is 19.6 Å². The van der Waals surface area contributed by atoms with Crippen LogP contribution in [-0.2, 0) is 0 Å². The van der Waals surface area contributed by atoms with Gasteiger partial charge in [0.15, 0.2) is 0 Å². The maximum atomic E-state index is 5.66. The standard InChI is InChI=1S/C15H24N2/c1-13-6-4-7-14(12-13)15(8-5-9-16)17-10-2-3-11-17/h4,6-7,12,15H,2-3,5,8-11,16H2,1H3. The fourth-order valence-electron chi connectivity index (χ4n) is 2.80. The molecular weight excluding hydrogens is 208 g/mol. The zero-order valence-corrected chi connectivity index (χ0v) is 10.9. The van der Waals surface area contributed by atoms with Crippen LogP contribution < -0.4 is 5.73 Å². The first-order chi connectivity index (χ1) is 8.31. The highest BCUT2D eigenvalue weighted by atomic mass is 15.2. The molecule has 1 atom stereocenters. The van der Waals surface area contributed by atoms with Crippen LogP contribution in [0, 0.1) is 6.92 Å². The lowest BCUT2D eigenvalue weighted by atomic mass is 9.99. The van der Waals surface area contributed by atoms with Crippen molar-refractivity contribution in [1.29, 1.82) is 0 Å². The Morgan fingerprint density at radius 1 is 1.29 bits per heavy atom. The second-order valence-corrected chi connectivity index (χ2v) is 5.10. The summed E-state index contributed by atoms with van der Waals surface area (Å²) in [7, 11) is 0. The van der Waals surface area contributed by atoms with Crippen molar-refractivity contribution < 1.29 is 0 Å². The molecule has 1 saturated heterocycles. The van der Waals surface area contributed by atoms with Gasteiger partial charge >= 0.3 is 0 Å². The van der Waals surface area contributed by atoms with E-state index in [0.29, 0.717) is 6.04 Å². The topological polar surface area (TPSA) is 29.3 Å². The molecule has 1 aromatic carbocycles. The quantitative estimate of drug-likeness (QED) is 0.846. The second-order valence-electron chi connectivity index (χ2n) is 5.10. The maximum absolute atomic E-state index is 5.66. The van der Waals surface area contributed by atoms with Gasteiger partial charge in [-0.1, -0.05) is 29.8 Å². The number of rotatable bonds is 5. The van der Waals surface area contributed by atoms with Gasteiger partial charge in [-0.05, 0) is 57.8 Å². The Morgan fingerprint density at radius 3 is 2.71 bits per heavy atom. The van der Waals surface area contributed by atoms with E-state index < -0.39 is 0 Å². The first-order valence-corrected chi connectivity index (χ1v) is 6.82. The first-order valence-electron chi connectivity index (χ1n) is 6.82. The average molecular weight is 232 g/mol. The third-order valence-electron chi connectivity index (χ3n) is 3.69. The molecule has 0 radical (unpaired) electrons. The Morgan fingerprint density at radius 2 is 2.06 bits per heavy atom. The number of hydrogen-bond donors (Lipinski definition) is 1. The van der Waals surface area contributed by atoms with Gasteiger partial charge in [0.05, 0.1) is 0 Å². The van der Waals surface area contributed by atoms with Crippen LogP contribution in [0.5, 0.6) is 0 Å². The Balaban J connectivity index is 2.13. The van der Waals surface area contributed by atoms with Gasteiger partial charge in [0.2, 0.25) is 0 Å². The minimum absolute atomic E-state index is 0.584. The molecule has 0 aliphatic carbocycles. The van der Waals surface area contributed by atoms with Crippen molar-refractivity contribution in [3.63, 3.8) is 0 Å². The van der Waals surface area contributed by atoms with Gasteiger partial charge in [0, 0.05) is 6.04 Å². The van der Waals surface area contributed by atoms with Crippen LogP contribution in [0.2, 0.25) is 0 Å². The fraction of sp³-hybridized carbons (Fsp3) is 0.600. The van der Waals surface area contributed by atoms with Gasteiger partial charge in [0.1, 0.15) is 0 Å². The van der Waals surface area contributed by atoms with Crippen molar-refractivity contribution >= 4 is 0 Å². The molecule has 2 heteroatoms. The molecule has 2 nitrogen and oxygen atoms in total. The van der Waals surface area contributed by atoms with Gasteiger partial charge in [-0.2, -0.15) is 0 Å². The number of nitrogens with zero attached hydrogens (tertiary/aromatic N) is 1. The van der Waals surface area contributed by atoms with Gasteiger partial charge in [-0.25, -0.2) is 0 Å². The molecule has 0 amide bonds. The van der Waals surface area contributed by atoms with E-state index in [4.69, 9.17) is 5.73 Å². The Bertz CT molecular complexity index is 343. The van der Waals surface area contributed by atoms with Crippen molar-refractivity contribution in [2.24, 2.45) is 5.73 Å². The monoisotopic (exact) mass is 232 g/mol. The summed E-state index contributed by atoms with van der Waals surface area (Å²) < 4.78 is 0. The molecule has 0 bridgehead atoms. The van der Waals surface area contributed by atoms with Crippen LogP contribution in [0.1, 0.15) is 42.9 Å². The molecule has 0 aromatic heterocycles. The normalized spacial score (nSPS) is 18.5. The summed E-state index contributed by atoms with van der Waals surface area (Å²) in [5, 5.41) is 0. The summed E-state index contributed by atoms with van der Waals surface area (Å²) in [4.78, 5) is 2.63. The average Bonchev–Trinajstić information content (AvgIpc) is 2.83. The largest absolute Gasteiger partial charge is 0.330 e. The van der Waals surface area contributed by atoms with Crippen LogP contribution in [-0.4, -0.2) is 24.5 Å². The van der Waals surface area contributed by atoms with E-state index in [1.165, 1.54) is 43.5 Å². The van der Waals surface area contributed by atoms with E-state index in [0.717, 1.165) is 13.0 Å². The summed E-state index contributed by atoms with van der Waals surface area (Å²) in [6.07, 6.45) is 5.02. The van der Waals surface area contributed by atoms with Crippen molar-refractivity contribution in [1.82, 2.24) is 4.90 Å². The van der Waals surface area contributed by atoms with E-state index in [-0.39, 0.29) is 0 Å². The van der Waals surface area contributed by atoms with Gasteiger partial charge in [0.25, 0.3) is 0 Å². The predicted molar refractivity (Wildman–Crippen MR) is 73.0 cm³/mol. The minimum Gasteiger partial charge on any atom is -0.330 e. The predicted octanol–water partition coefficient (Wildman–Crippen LogP) is 2.87. The van der Waals surface area contributed by atoms with E-state index in [2.05, 4.69) is 36.1 Å². The van der Waals surface area contributed by atoms with Gasteiger partial charge < -0.3 is 5.73 Å². The second kappa shape index (κ2) is 6.18. The van der Waals surface area contributed by atoms with Gasteiger partial charge in [-0.15, -0.1) is 0 Å². The molecule has 94 valence electrons. The molecule has 1 unspecified atom stereocenters. The molecule has 2 N–H and O–H groups in total. The summed E-state index contributed by atoms with van der Waals surface area (Å²) in [6.45, 7) is 5.48. The number of hydrogen-bond acceptors (Lipinski definition) is 2. The number of likely N-dealkylation sites (tertiary alicyclic amines) is 1. The Labute approximate surface area is 105 Å². The Kier molecular flexibility index (Phi) is 4.57.